The minimum absolute atomic E-state index is 0.404. The van der Waals surface area contributed by atoms with Gasteiger partial charge in [0.25, 0.3) is 0 Å². The summed E-state index contributed by atoms with van der Waals surface area (Å²) in [7, 11) is 0. The van der Waals surface area contributed by atoms with Crippen LogP contribution in [0, 0.1) is 10.8 Å². The van der Waals surface area contributed by atoms with Crippen molar-refractivity contribution in [3.8, 4) is 0 Å². The van der Waals surface area contributed by atoms with Crippen LogP contribution in [0.5, 0.6) is 0 Å². The van der Waals surface area contributed by atoms with E-state index in [1.165, 1.54) is 19.3 Å². The first-order valence-electron chi connectivity index (χ1n) is 5.88. The predicted octanol–water partition coefficient (Wildman–Crippen LogP) is 5.57. The maximum absolute atomic E-state index is 3.58. The lowest BCUT2D eigenvalue weighted by Gasteiger charge is -2.20. The van der Waals surface area contributed by atoms with Crippen molar-refractivity contribution in [2.75, 3.05) is 5.33 Å². The maximum atomic E-state index is 3.58. The Morgan fingerprint density at radius 2 is 1.53 bits per heavy atom. The molecule has 0 spiro atoms. The van der Waals surface area contributed by atoms with Crippen LogP contribution in [0.3, 0.4) is 0 Å². The highest BCUT2D eigenvalue weighted by atomic mass is 79.9. The zero-order valence-corrected chi connectivity index (χ0v) is 12.9. The van der Waals surface area contributed by atoms with Gasteiger partial charge in [-0.25, -0.2) is 0 Å². The molecular formula is C14H27Br. The fourth-order valence-electron chi connectivity index (χ4n) is 1.56. The standard InChI is InChI=1S/C14H27Br/c1-13(2,3)9-7-8-12(11-15)10-14(4,5)6/h8H,7,9-11H2,1-6H3/b12-8+. The van der Waals surface area contributed by atoms with E-state index in [9.17, 15) is 0 Å². The number of alkyl halides is 1. The average molecular weight is 275 g/mol. The Morgan fingerprint density at radius 3 is 1.87 bits per heavy atom. The monoisotopic (exact) mass is 274 g/mol. The van der Waals surface area contributed by atoms with E-state index in [0.717, 1.165) is 5.33 Å². The number of rotatable bonds is 4. The molecule has 0 aromatic heterocycles. The summed E-state index contributed by atoms with van der Waals surface area (Å²) in [4.78, 5) is 0. The van der Waals surface area contributed by atoms with Gasteiger partial charge < -0.3 is 0 Å². The quantitative estimate of drug-likeness (QED) is 0.464. The van der Waals surface area contributed by atoms with Gasteiger partial charge in [-0.2, -0.15) is 0 Å². The van der Waals surface area contributed by atoms with Crippen molar-refractivity contribution >= 4 is 15.9 Å². The number of allylic oxidation sites excluding steroid dienone is 2. The molecule has 0 saturated heterocycles. The molecule has 0 bridgehead atoms. The smallest absolute Gasteiger partial charge is 0.0242 e. The average Bonchev–Trinajstić information content (AvgIpc) is 1.97. The molecule has 90 valence electrons. The van der Waals surface area contributed by atoms with Crippen LogP contribution in [0.2, 0.25) is 0 Å². The van der Waals surface area contributed by atoms with Gasteiger partial charge in [0.2, 0.25) is 0 Å². The van der Waals surface area contributed by atoms with Crippen molar-refractivity contribution in [3.63, 3.8) is 0 Å². The third-order valence-corrected chi connectivity index (χ3v) is 2.98. The molecular weight excluding hydrogens is 248 g/mol. The molecule has 0 unspecified atom stereocenters. The topological polar surface area (TPSA) is 0 Å². The molecule has 0 N–H and O–H groups in total. The van der Waals surface area contributed by atoms with Gasteiger partial charge in [-0.1, -0.05) is 69.1 Å². The Labute approximate surface area is 105 Å². The maximum Gasteiger partial charge on any atom is 0.0242 e. The fourth-order valence-corrected chi connectivity index (χ4v) is 1.99. The molecule has 0 saturated carbocycles. The molecule has 0 aromatic rings. The SMILES string of the molecule is CC(C)(C)CC/C=C(/CBr)CC(C)(C)C. The Morgan fingerprint density at radius 1 is 1.00 bits per heavy atom. The van der Waals surface area contributed by atoms with E-state index in [4.69, 9.17) is 0 Å². The van der Waals surface area contributed by atoms with E-state index in [1.54, 1.807) is 5.57 Å². The molecule has 0 nitrogen and oxygen atoms in total. The summed E-state index contributed by atoms with van der Waals surface area (Å²) >= 11 is 3.58. The van der Waals surface area contributed by atoms with Crippen LogP contribution in [0.1, 0.15) is 60.8 Å². The fraction of sp³-hybridized carbons (Fsp3) is 0.857. The van der Waals surface area contributed by atoms with Crippen LogP contribution in [-0.2, 0) is 0 Å². The van der Waals surface area contributed by atoms with Gasteiger partial charge in [-0.05, 0) is 30.1 Å². The number of hydrogen-bond donors (Lipinski definition) is 0. The van der Waals surface area contributed by atoms with Gasteiger partial charge in [0.05, 0.1) is 0 Å². The predicted molar refractivity (Wildman–Crippen MR) is 74.6 cm³/mol. The van der Waals surface area contributed by atoms with Crippen LogP contribution < -0.4 is 0 Å². The van der Waals surface area contributed by atoms with Gasteiger partial charge >= 0.3 is 0 Å². The highest BCUT2D eigenvalue weighted by Gasteiger charge is 2.13. The Kier molecular flexibility index (Phi) is 6.17. The van der Waals surface area contributed by atoms with E-state index in [2.05, 4.69) is 63.5 Å². The minimum Gasteiger partial charge on any atom is -0.0880 e. The molecule has 1 heteroatoms. The van der Waals surface area contributed by atoms with Crippen LogP contribution in [0.15, 0.2) is 11.6 Å². The molecule has 0 aromatic carbocycles. The van der Waals surface area contributed by atoms with Crippen molar-refractivity contribution in [3.05, 3.63) is 11.6 Å². The summed E-state index contributed by atoms with van der Waals surface area (Å²) < 4.78 is 0. The third-order valence-electron chi connectivity index (χ3n) is 2.26. The summed E-state index contributed by atoms with van der Waals surface area (Å²) in [5.74, 6) is 0. The highest BCUT2D eigenvalue weighted by molar-refractivity contribution is 9.09. The van der Waals surface area contributed by atoms with Crippen LogP contribution in [-0.4, -0.2) is 5.33 Å². The molecule has 0 aliphatic carbocycles. The van der Waals surface area contributed by atoms with E-state index in [-0.39, 0.29) is 0 Å². The van der Waals surface area contributed by atoms with Crippen molar-refractivity contribution < 1.29 is 0 Å². The highest BCUT2D eigenvalue weighted by Crippen LogP contribution is 2.27. The molecule has 0 rings (SSSR count). The lowest BCUT2D eigenvalue weighted by molar-refractivity contribution is 0.379. The molecule has 0 atom stereocenters. The summed E-state index contributed by atoms with van der Waals surface area (Å²) in [5, 5.41) is 1.02. The van der Waals surface area contributed by atoms with Crippen LogP contribution in [0.4, 0.5) is 0 Å². The molecule has 0 heterocycles. The van der Waals surface area contributed by atoms with E-state index in [1.807, 2.05) is 0 Å². The molecule has 0 amide bonds. The summed E-state index contributed by atoms with van der Waals surface area (Å²) in [6, 6.07) is 0. The van der Waals surface area contributed by atoms with Gasteiger partial charge in [0, 0.05) is 5.33 Å². The Hall–Kier alpha value is 0.220. The van der Waals surface area contributed by atoms with E-state index < -0.39 is 0 Å². The molecule has 0 radical (unpaired) electrons. The normalized spacial score (nSPS) is 14.5. The zero-order chi connectivity index (χ0) is 12.1. The molecule has 0 aliphatic heterocycles. The molecule has 0 aliphatic rings. The van der Waals surface area contributed by atoms with Crippen molar-refractivity contribution in [1.82, 2.24) is 0 Å². The Bertz CT molecular complexity index is 200. The van der Waals surface area contributed by atoms with Crippen molar-refractivity contribution in [2.24, 2.45) is 10.8 Å². The largest absolute Gasteiger partial charge is 0.0880 e. The first-order valence-corrected chi connectivity index (χ1v) is 7.00. The summed E-state index contributed by atoms with van der Waals surface area (Å²) in [6.45, 7) is 13.8. The summed E-state index contributed by atoms with van der Waals surface area (Å²) in [6.07, 6.45) is 6.10. The van der Waals surface area contributed by atoms with Crippen LogP contribution in [0.25, 0.3) is 0 Å². The van der Waals surface area contributed by atoms with Gasteiger partial charge in [0.15, 0.2) is 0 Å². The first kappa shape index (κ1) is 15.2. The first-order chi connectivity index (χ1) is 6.64. The lowest BCUT2D eigenvalue weighted by atomic mass is 9.86. The zero-order valence-electron chi connectivity index (χ0n) is 11.3. The van der Waals surface area contributed by atoms with Gasteiger partial charge in [-0.3, -0.25) is 0 Å². The number of halogens is 1. The third kappa shape index (κ3) is 10.5. The van der Waals surface area contributed by atoms with Crippen molar-refractivity contribution in [2.45, 2.75) is 60.8 Å². The second kappa shape index (κ2) is 6.08. The second-order valence-electron chi connectivity index (χ2n) is 6.83. The number of hydrogen-bond acceptors (Lipinski definition) is 0. The van der Waals surface area contributed by atoms with Gasteiger partial charge in [-0.15, -0.1) is 0 Å². The van der Waals surface area contributed by atoms with Crippen LogP contribution >= 0.6 is 15.9 Å². The lowest BCUT2D eigenvalue weighted by Crippen LogP contribution is -2.08. The molecule has 0 fully saturated rings. The summed E-state index contributed by atoms with van der Waals surface area (Å²) in [5.41, 5.74) is 2.41. The van der Waals surface area contributed by atoms with Crippen molar-refractivity contribution in [1.29, 1.82) is 0 Å². The second-order valence-corrected chi connectivity index (χ2v) is 7.39. The minimum atomic E-state index is 0.404. The van der Waals surface area contributed by atoms with E-state index >= 15 is 0 Å². The Balaban J connectivity index is 4.12. The van der Waals surface area contributed by atoms with Gasteiger partial charge in [0.1, 0.15) is 0 Å². The molecule has 15 heavy (non-hydrogen) atoms. The van der Waals surface area contributed by atoms with E-state index in [0.29, 0.717) is 10.8 Å².